The number of nitro benzene ring substituents is 1. The van der Waals surface area contributed by atoms with Crippen LogP contribution in [0.15, 0.2) is 18.2 Å². The van der Waals surface area contributed by atoms with Crippen molar-refractivity contribution >= 4 is 17.3 Å². The molecule has 0 aliphatic heterocycles. The quantitative estimate of drug-likeness (QED) is 0.602. The topological polar surface area (TPSA) is 107 Å². The van der Waals surface area contributed by atoms with E-state index < -0.39 is 4.92 Å². The van der Waals surface area contributed by atoms with Gasteiger partial charge >= 0.3 is 0 Å². The molecule has 104 valence electrons. The normalized spacial score (nSPS) is 11.7. The Morgan fingerprint density at radius 1 is 1.58 bits per heavy atom. The molecule has 3 N–H and O–H groups in total. The smallest absolute Gasteiger partial charge is 0.271 e. The Morgan fingerprint density at radius 2 is 2.26 bits per heavy atom. The first kappa shape index (κ1) is 14.9. The number of rotatable bonds is 6. The van der Waals surface area contributed by atoms with Crippen LogP contribution in [0.25, 0.3) is 0 Å². The average Bonchev–Trinajstić information content (AvgIpc) is 2.38. The van der Waals surface area contributed by atoms with Crippen LogP contribution >= 0.6 is 0 Å². The van der Waals surface area contributed by atoms with Crippen LogP contribution in [0.5, 0.6) is 5.75 Å². The van der Waals surface area contributed by atoms with Crippen molar-refractivity contribution in [1.29, 1.82) is 0 Å². The summed E-state index contributed by atoms with van der Waals surface area (Å²) in [5, 5.41) is 13.3. The van der Waals surface area contributed by atoms with Gasteiger partial charge in [0.25, 0.3) is 5.69 Å². The molecular formula is C12H17N3O4. The number of benzene rings is 1. The molecule has 0 aromatic heterocycles. The largest absolute Gasteiger partial charge is 0.495 e. The van der Waals surface area contributed by atoms with E-state index in [2.05, 4.69) is 5.32 Å². The van der Waals surface area contributed by atoms with Crippen molar-refractivity contribution in [2.24, 2.45) is 5.73 Å². The minimum atomic E-state index is -0.535. The number of anilines is 1. The molecule has 1 aromatic rings. The van der Waals surface area contributed by atoms with Gasteiger partial charge in [0.05, 0.1) is 17.7 Å². The van der Waals surface area contributed by atoms with Gasteiger partial charge in [-0.05, 0) is 12.5 Å². The predicted molar refractivity (Wildman–Crippen MR) is 71.2 cm³/mol. The lowest BCUT2D eigenvalue weighted by atomic mass is 10.1. The van der Waals surface area contributed by atoms with Crippen LogP contribution in [0, 0.1) is 10.1 Å². The van der Waals surface area contributed by atoms with E-state index in [9.17, 15) is 14.9 Å². The van der Waals surface area contributed by atoms with Crippen LogP contribution in [0.2, 0.25) is 0 Å². The first-order chi connectivity index (χ1) is 8.97. The highest BCUT2D eigenvalue weighted by molar-refractivity contribution is 5.93. The lowest BCUT2D eigenvalue weighted by Gasteiger charge is -2.12. The first-order valence-corrected chi connectivity index (χ1v) is 5.85. The second kappa shape index (κ2) is 6.69. The Labute approximate surface area is 110 Å². The third-order valence-corrected chi connectivity index (χ3v) is 2.64. The number of nitrogens with two attached hydrogens (primary N) is 1. The lowest BCUT2D eigenvalue weighted by Crippen LogP contribution is -2.26. The maximum absolute atomic E-state index is 11.7. The summed E-state index contributed by atoms with van der Waals surface area (Å²) in [5.41, 5.74) is 5.83. The van der Waals surface area contributed by atoms with Crippen LogP contribution in [-0.2, 0) is 4.79 Å². The summed E-state index contributed by atoms with van der Waals surface area (Å²) in [6.07, 6.45) is 0.835. The lowest BCUT2D eigenvalue weighted by molar-refractivity contribution is -0.384. The standard InChI is InChI=1S/C12H17N3O4/c1-3-8(13)6-12(16)14-10-7-9(15(17)18)4-5-11(10)19-2/h4-5,7-8H,3,6,13H2,1-2H3,(H,14,16). The predicted octanol–water partition coefficient (Wildman–Crippen LogP) is 1.67. The van der Waals surface area contributed by atoms with Crippen molar-refractivity contribution in [3.63, 3.8) is 0 Å². The van der Waals surface area contributed by atoms with Crippen molar-refractivity contribution < 1.29 is 14.5 Å². The Morgan fingerprint density at radius 3 is 2.79 bits per heavy atom. The van der Waals surface area contributed by atoms with Gasteiger partial charge in [0, 0.05) is 24.6 Å². The van der Waals surface area contributed by atoms with E-state index in [4.69, 9.17) is 10.5 Å². The second-order valence-corrected chi connectivity index (χ2v) is 4.06. The molecule has 1 unspecified atom stereocenters. The highest BCUT2D eigenvalue weighted by atomic mass is 16.6. The van der Waals surface area contributed by atoms with Crippen molar-refractivity contribution in [3.05, 3.63) is 28.3 Å². The Bertz CT molecular complexity index is 476. The molecule has 1 amide bonds. The number of carbonyl (C=O) groups excluding carboxylic acids is 1. The monoisotopic (exact) mass is 267 g/mol. The van der Waals surface area contributed by atoms with E-state index in [1.165, 1.54) is 25.3 Å². The van der Waals surface area contributed by atoms with Gasteiger partial charge in [-0.1, -0.05) is 6.92 Å². The van der Waals surface area contributed by atoms with Gasteiger partial charge in [-0.3, -0.25) is 14.9 Å². The minimum Gasteiger partial charge on any atom is -0.495 e. The molecule has 1 rings (SSSR count). The molecule has 0 saturated carbocycles. The van der Waals surface area contributed by atoms with Crippen molar-refractivity contribution in [2.45, 2.75) is 25.8 Å². The number of nitrogens with one attached hydrogen (secondary N) is 1. The number of ether oxygens (including phenoxy) is 1. The van der Waals surface area contributed by atoms with Gasteiger partial charge in [0.1, 0.15) is 5.75 Å². The summed E-state index contributed by atoms with van der Waals surface area (Å²) in [4.78, 5) is 21.9. The zero-order valence-electron chi connectivity index (χ0n) is 10.9. The summed E-state index contributed by atoms with van der Waals surface area (Å²) in [5.74, 6) is 0.0668. The van der Waals surface area contributed by atoms with Gasteiger partial charge < -0.3 is 15.8 Å². The fourth-order valence-corrected chi connectivity index (χ4v) is 1.49. The van der Waals surface area contributed by atoms with Crippen molar-refractivity contribution in [3.8, 4) is 5.75 Å². The van der Waals surface area contributed by atoms with E-state index in [0.29, 0.717) is 12.2 Å². The number of non-ortho nitro benzene ring substituents is 1. The molecule has 0 aliphatic carbocycles. The van der Waals surface area contributed by atoms with Gasteiger partial charge in [0.2, 0.25) is 5.91 Å². The van der Waals surface area contributed by atoms with Gasteiger partial charge in [-0.15, -0.1) is 0 Å². The third kappa shape index (κ3) is 4.22. The average molecular weight is 267 g/mol. The van der Waals surface area contributed by atoms with Gasteiger partial charge in [-0.25, -0.2) is 0 Å². The molecule has 0 fully saturated rings. The van der Waals surface area contributed by atoms with Crippen LogP contribution in [0.4, 0.5) is 11.4 Å². The van der Waals surface area contributed by atoms with Gasteiger partial charge in [0.15, 0.2) is 0 Å². The second-order valence-electron chi connectivity index (χ2n) is 4.06. The Hall–Kier alpha value is -2.15. The Kier molecular flexibility index (Phi) is 5.25. The van der Waals surface area contributed by atoms with E-state index in [1.807, 2.05) is 6.92 Å². The van der Waals surface area contributed by atoms with E-state index in [0.717, 1.165) is 0 Å². The summed E-state index contributed by atoms with van der Waals surface area (Å²) in [7, 11) is 1.43. The summed E-state index contributed by atoms with van der Waals surface area (Å²) < 4.78 is 5.04. The fraction of sp³-hybridized carbons (Fsp3) is 0.417. The molecule has 0 spiro atoms. The zero-order valence-corrected chi connectivity index (χ0v) is 10.9. The number of amides is 1. The number of nitro groups is 1. The number of methoxy groups -OCH3 is 1. The van der Waals surface area contributed by atoms with E-state index >= 15 is 0 Å². The molecule has 1 aromatic carbocycles. The highest BCUT2D eigenvalue weighted by Gasteiger charge is 2.14. The van der Waals surface area contributed by atoms with Crippen molar-refractivity contribution in [1.82, 2.24) is 0 Å². The molecule has 19 heavy (non-hydrogen) atoms. The van der Waals surface area contributed by atoms with Crippen LogP contribution < -0.4 is 15.8 Å². The number of carbonyl (C=O) groups is 1. The minimum absolute atomic E-state index is 0.115. The van der Waals surface area contributed by atoms with Crippen LogP contribution in [0.1, 0.15) is 19.8 Å². The molecule has 0 bridgehead atoms. The summed E-state index contributed by atoms with van der Waals surface area (Å²) in [6.45, 7) is 1.88. The maximum Gasteiger partial charge on any atom is 0.271 e. The van der Waals surface area contributed by atoms with Gasteiger partial charge in [-0.2, -0.15) is 0 Å². The summed E-state index contributed by atoms with van der Waals surface area (Å²) in [6, 6.07) is 3.78. The third-order valence-electron chi connectivity index (χ3n) is 2.64. The molecule has 0 saturated heterocycles. The molecule has 7 heteroatoms. The van der Waals surface area contributed by atoms with Crippen LogP contribution in [-0.4, -0.2) is 24.0 Å². The maximum atomic E-state index is 11.7. The molecule has 0 radical (unpaired) electrons. The first-order valence-electron chi connectivity index (χ1n) is 5.85. The number of hydrogen-bond donors (Lipinski definition) is 2. The molecule has 0 aliphatic rings. The molecular weight excluding hydrogens is 250 g/mol. The summed E-state index contributed by atoms with van der Waals surface area (Å²) >= 11 is 0. The fourth-order valence-electron chi connectivity index (χ4n) is 1.49. The molecule has 7 nitrogen and oxygen atoms in total. The number of nitrogens with zero attached hydrogens (tertiary/aromatic N) is 1. The zero-order chi connectivity index (χ0) is 14.4. The molecule has 0 heterocycles. The number of hydrogen-bond acceptors (Lipinski definition) is 5. The SMILES string of the molecule is CCC(N)CC(=O)Nc1cc([N+](=O)[O-])ccc1OC. The van der Waals surface area contributed by atoms with E-state index in [1.54, 1.807) is 0 Å². The Balaban J connectivity index is 2.88. The van der Waals surface area contributed by atoms with E-state index in [-0.39, 0.29) is 29.7 Å². The van der Waals surface area contributed by atoms with Crippen molar-refractivity contribution in [2.75, 3.05) is 12.4 Å². The van der Waals surface area contributed by atoms with Crippen LogP contribution in [0.3, 0.4) is 0 Å². The molecule has 1 atom stereocenters. The highest BCUT2D eigenvalue weighted by Crippen LogP contribution is 2.28.